The number of fused-ring (bicyclic) bond motifs is 1. The second kappa shape index (κ2) is 4.79. The van der Waals surface area contributed by atoms with E-state index in [0.717, 1.165) is 0 Å². The molecule has 0 spiro atoms. The summed E-state index contributed by atoms with van der Waals surface area (Å²) >= 11 is 0. The standard InChI is InChI=1S/C11H20O6/c1-11(2)16-9-8(14-4)7(13-3)6(5-12)15-10(9)17-11/h6-10,12H,5H2,1-4H3/t6-,7-,8+,9-,10-/m1/s1. The molecular formula is C11H20O6. The van der Waals surface area contributed by atoms with E-state index in [0.29, 0.717) is 0 Å². The number of aliphatic hydroxyl groups excluding tert-OH is 1. The van der Waals surface area contributed by atoms with Crippen LogP contribution in [0.15, 0.2) is 0 Å². The summed E-state index contributed by atoms with van der Waals surface area (Å²) in [6.45, 7) is 3.49. The van der Waals surface area contributed by atoms with Gasteiger partial charge in [0.1, 0.15) is 24.4 Å². The van der Waals surface area contributed by atoms with Crippen molar-refractivity contribution in [3.63, 3.8) is 0 Å². The van der Waals surface area contributed by atoms with Crippen LogP contribution in [0.5, 0.6) is 0 Å². The topological polar surface area (TPSA) is 66.4 Å². The lowest BCUT2D eigenvalue weighted by Gasteiger charge is -2.40. The van der Waals surface area contributed by atoms with Crippen molar-refractivity contribution < 1.29 is 28.8 Å². The Kier molecular flexibility index (Phi) is 3.72. The molecule has 6 heteroatoms. The normalized spacial score (nSPS) is 44.6. The number of methoxy groups -OCH3 is 2. The van der Waals surface area contributed by atoms with Crippen LogP contribution in [0.3, 0.4) is 0 Å². The van der Waals surface area contributed by atoms with E-state index in [1.54, 1.807) is 14.2 Å². The van der Waals surface area contributed by atoms with Gasteiger partial charge in [0.05, 0.1) is 6.61 Å². The van der Waals surface area contributed by atoms with E-state index in [2.05, 4.69) is 0 Å². The van der Waals surface area contributed by atoms with Crippen LogP contribution in [0.4, 0.5) is 0 Å². The van der Waals surface area contributed by atoms with Gasteiger partial charge in [-0.2, -0.15) is 0 Å². The summed E-state index contributed by atoms with van der Waals surface area (Å²) in [7, 11) is 3.15. The smallest absolute Gasteiger partial charge is 0.190 e. The van der Waals surface area contributed by atoms with E-state index >= 15 is 0 Å². The van der Waals surface area contributed by atoms with Gasteiger partial charge in [-0.25, -0.2) is 0 Å². The van der Waals surface area contributed by atoms with Crippen LogP contribution in [0, 0.1) is 0 Å². The molecule has 5 atom stereocenters. The van der Waals surface area contributed by atoms with Crippen molar-refractivity contribution in [1.82, 2.24) is 0 Å². The van der Waals surface area contributed by atoms with E-state index < -0.39 is 18.2 Å². The zero-order chi connectivity index (χ0) is 12.6. The average Bonchev–Trinajstić information content (AvgIpc) is 2.59. The highest BCUT2D eigenvalue weighted by molar-refractivity contribution is 4.95. The van der Waals surface area contributed by atoms with Gasteiger partial charge in [0.25, 0.3) is 0 Å². The molecule has 2 aliphatic heterocycles. The molecule has 0 aromatic carbocycles. The molecule has 2 fully saturated rings. The van der Waals surface area contributed by atoms with Crippen molar-refractivity contribution in [3.05, 3.63) is 0 Å². The quantitative estimate of drug-likeness (QED) is 0.751. The van der Waals surface area contributed by atoms with Crippen molar-refractivity contribution in [2.75, 3.05) is 20.8 Å². The lowest BCUT2D eigenvalue weighted by Crippen LogP contribution is -2.58. The molecule has 0 saturated carbocycles. The van der Waals surface area contributed by atoms with Gasteiger partial charge in [0.15, 0.2) is 12.1 Å². The Labute approximate surface area is 101 Å². The molecule has 0 bridgehead atoms. The first-order valence-corrected chi connectivity index (χ1v) is 5.70. The molecule has 2 aliphatic rings. The summed E-state index contributed by atoms with van der Waals surface area (Å²) in [5.74, 6) is -0.714. The zero-order valence-corrected chi connectivity index (χ0v) is 10.6. The van der Waals surface area contributed by atoms with Gasteiger partial charge in [-0.3, -0.25) is 0 Å². The lowest BCUT2D eigenvalue weighted by molar-refractivity contribution is -0.265. The Bertz CT molecular complexity index is 269. The fraction of sp³-hybridized carbons (Fsp3) is 1.00. The van der Waals surface area contributed by atoms with E-state index in [1.807, 2.05) is 13.8 Å². The minimum Gasteiger partial charge on any atom is -0.394 e. The average molecular weight is 248 g/mol. The van der Waals surface area contributed by atoms with E-state index in [-0.39, 0.29) is 24.9 Å². The predicted molar refractivity (Wildman–Crippen MR) is 57.4 cm³/mol. The van der Waals surface area contributed by atoms with Crippen molar-refractivity contribution in [2.45, 2.75) is 50.3 Å². The summed E-state index contributed by atoms with van der Waals surface area (Å²) in [5.41, 5.74) is 0. The first-order chi connectivity index (χ1) is 8.02. The lowest BCUT2D eigenvalue weighted by atomic mass is 9.99. The molecule has 0 aromatic rings. The van der Waals surface area contributed by atoms with Gasteiger partial charge < -0.3 is 28.8 Å². The number of hydrogen-bond donors (Lipinski definition) is 1. The maximum absolute atomic E-state index is 9.30. The molecule has 2 rings (SSSR count). The molecule has 100 valence electrons. The maximum atomic E-state index is 9.30. The summed E-state index contributed by atoms with van der Waals surface area (Å²) in [6.07, 6.45) is -2.04. The van der Waals surface area contributed by atoms with Gasteiger partial charge in [0, 0.05) is 14.2 Å². The fourth-order valence-electron chi connectivity index (χ4n) is 2.43. The minimum atomic E-state index is -0.714. The molecule has 17 heavy (non-hydrogen) atoms. The Balaban J connectivity index is 2.19. The fourth-order valence-corrected chi connectivity index (χ4v) is 2.43. The highest BCUT2D eigenvalue weighted by atomic mass is 16.8. The van der Waals surface area contributed by atoms with E-state index in [9.17, 15) is 5.11 Å². The molecule has 0 unspecified atom stereocenters. The van der Waals surface area contributed by atoms with Crippen LogP contribution in [0.25, 0.3) is 0 Å². The monoisotopic (exact) mass is 248 g/mol. The molecular weight excluding hydrogens is 228 g/mol. The molecule has 0 radical (unpaired) electrons. The second-order valence-electron chi connectivity index (χ2n) is 4.73. The molecule has 2 saturated heterocycles. The molecule has 0 aliphatic carbocycles. The summed E-state index contributed by atoms with van der Waals surface area (Å²) in [5, 5.41) is 9.30. The van der Waals surface area contributed by atoms with E-state index in [1.165, 1.54) is 0 Å². The van der Waals surface area contributed by atoms with Crippen LogP contribution < -0.4 is 0 Å². The molecule has 0 amide bonds. The third-order valence-electron chi connectivity index (χ3n) is 3.14. The van der Waals surface area contributed by atoms with Crippen LogP contribution in [0.1, 0.15) is 13.8 Å². The Morgan fingerprint density at radius 3 is 2.29 bits per heavy atom. The predicted octanol–water partition coefficient (Wildman–Crippen LogP) is -0.115. The van der Waals surface area contributed by atoms with Gasteiger partial charge in [-0.15, -0.1) is 0 Å². The van der Waals surface area contributed by atoms with Crippen LogP contribution in [-0.2, 0) is 23.7 Å². The van der Waals surface area contributed by atoms with Gasteiger partial charge in [-0.05, 0) is 13.8 Å². The van der Waals surface area contributed by atoms with Gasteiger partial charge in [-0.1, -0.05) is 0 Å². The number of hydrogen-bond acceptors (Lipinski definition) is 6. The van der Waals surface area contributed by atoms with Crippen molar-refractivity contribution in [1.29, 1.82) is 0 Å². The Hall–Kier alpha value is -0.240. The highest BCUT2D eigenvalue weighted by Gasteiger charge is 2.54. The summed E-state index contributed by atoms with van der Waals surface area (Å²) < 4.78 is 27.7. The largest absolute Gasteiger partial charge is 0.394 e. The Morgan fingerprint density at radius 1 is 1.12 bits per heavy atom. The number of rotatable bonds is 3. The van der Waals surface area contributed by atoms with Crippen LogP contribution in [-0.4, -0.2) is 62.4 Å². The van der Waals surface area contributed by atoms with E-state index in [4.69, 9.17) is 23.7 Å². The molecule has 0 aromatic heterocycles. The SMILES string of the molecule is CO[C@@H]1[C@H]2OC(C)(C)O[C@H]2O[C@H](CO)[C@H]1OC. The first kappa shape index (κ1) is 13.2. The highest BCUT2D eigenvalue weighted by Crippen LogP contribution is 2.37. The number of ether oxygens (including phenoxy) is 5. The third-order valence-corrected chi connectivity index (χ3v) is 3.14. The Morgan fingerprint density at radius 2 is 1.76 bits per heavy atom. The first-order valence-electron chi connectivity index (χ1n) is 5.70. The van der Waals surface area contributed by atoms with Crippen LogP contribution in [0.2, 0.25) is 0 Å². The molecule has 6 nitrogen and oxygen atoms in total. The second-order valence-corrected chi connectivity index (χ2v) is 4.73. The van der Waals surface area contributed by atoms with Crippen molar-refractivity contribution >= 4 is 0 Å². The minimum absolute atomic E-state index is 0.147. The van der Waals surface area contributed by atoms with Crippen molar-refractivity contribution in [3.8, 4) is 0 Å². The summed E-state index contributed by atoms with van der Waals surface area (Å²) in [4.78, 5) is 0. The number of aliphatic hydroxyl groups is 1. The molecule has 2 heterocycles. The van der Waals surface area contributed by atoms with Crippen LogP contribution >= 0.6 is 0 Å². The molecule has 1 N–H and O–H groups in total. The maximum Gasteiger partial charge on any atom is 0.190 e. The van der Waals surface area contributed by atoms with Crippen molar-refractivity contribution in [2.24, 2.45) is 0 Å². The third kappa shape index (κ3) is 2.33. The van der Waals surface area contributed by atoms with Gasteiger partial charge >= 0.3 is 0 Å². The summed E-state index contributed by atoms with van der Waals surface area (Å²) in [6, 6.07) is 0. The van der Waals surface area contributed by atoms with Gasteiger partial charge in [0.2, 0.25) is 0 Å². The zero-order valence-electron chi connectivity index (χ0n) is 10.6.